The van der Waals surface area contributed by atoms with Crippen LogP contribution in [0.4, 0.5) is 0 Å². The molecule has 0 spiro atoms. The summed E-state index contributed by atoms with van der Waals surface area (Å²) in [4.78, 5) is 35.9. The van der Waals surface area contributed by atoms with Crippen LogP contribution < -0.4 is 5.32 Å². The predicted molar refractivity (Wildman–Crippen MR) is 71.9 cm³/mol. The van der Waals surface area contributed by atoms with Gasteiger partial charge in [0.2, 0.25) is 11.8 Å². The normalized spacial score (nSPS) is 22.1. The van der Waals surface area contributed by atoms with Crippen LogP contribution in [0.5, 0.6) is 0 Å². The summed E-state index contributed by atoms with van der Waals surface area (Å²) < 4.78 is 0. The Balaban J connectivity index is 1.62. The molecule has 1 aliphatic heterocycles. The number of rotatable bonds is 8. The minimum atomic E-state index is -0.812. The van der Waals surface area contributed by atoms with Gasteiger partial charge in [-0.1, -0.05) is 0 Å². The molecule has 0 aromatic heterocycles. The third kappa shape index (κ3) is 4.51. The lowest BCUT2D eigenvalue weighted by Crippen LogP contribution is -2.34. The van der Waals surface area contributed by atoms with Gasteiger partial charge < -0.3 is 15.3 Å². The number of carboxylic acids is 1. The number of carbonyl (C=O) groups is 3. The molecule has 1 atom stereocenters. The van der Waals surface area contributed by atoms with Gasteiger partial charge in [-0.15, -0.1) is 0 Å². The zero-order valence-corrected chi connectivity index (χ0v) is 11.6. The largest absolute Gasteiger partial charge is 0.481 e. The van der Waals surface area contributed by atoms with E-state index in [1.807, 2.05) is 4.90 Å². The lowest BCUT2D eigenvalue weighted by molar-refractivity contribution is -0.137. The zero-order valence-electron chi connectivity index (χ0n) is 11.6. The highest BCUT2D eigenvalue weighted by Crippen LogP contribution is 2.31. The molecule has 2 rings (SSSR count). The second-order valence-electron chi connectivity index (χ2n) is 5.79. The minimum Gasteiger partial charge on any atom is -0.481 e. The smallest absolute Gasteiger partial charge is 0.303 e. The summed E-state index contributed by atoms with van der Waals surface area (Å²) in [6.07, 6.45) is 4.06. The Kier molecular flexibility index (Phi) is 4.98. The van der Waals surface area contributed by atoms with Gasteiger partial charge in [-0.25, -0.2) is 0 Å². The molecule has 0 radical (unpaired) electrons. The maximum absolute atomic E-state index is 11.9. The molecule has 2 N–H and O–H groups in total. The molecule has 6 heteroatoms. The summed E-state index contributed by atoms with van der Waals surface area (Å²) in [5, 5.41) is 11.3. The Bertz CT molecular complexity index is 393. The number of hydrogen-bond acceptors (Lipinski definition) is 3. The number of nitrogens with zero attached hydrogens (tertiary/aromatic N) is 1. The standard InChI is InChI=1S/C14H22N2O4/c17-12-7-11(9-16(12)8-10-4-5-10)14(20)15-6-2-1-3-13(18)19/h10-11H,1-9H2,(H,15,20)(H,18,19). The lowest BCUT2D eigenvalue weighted by Gasteiger charge is -2.15. The minimum absolute atomic E-state index is 0.0769. The molecule has 0 aromatic rings. The van der Waals surface area contributed by atoms with E-state index >= 15 is 0 Å². The van der Waals surface area contributed by atoms with Crippen LogP contribution in [0.1, 0.15) is 38.5 Å². The van der Waals surface area contributed by atoms with Crippen LogP contribution in [0.25, 0.3) is 0 Å². The van der Waals surface area contributed by atoms with E-state index in [-0.39, 0.29) is 24.2 Å². The fraction of sp³-hybridized carbons (Fsp3) is 0.786. The van der Waals surface area contributed by atoms with E-state index in [2.05, 4.69) is 5.32 Å². The Morgan fingerprint density at radius 2 is 2.05 bits per heavy atom. The first kappa shape index (κ1) is 14.8. The van der Waals surface area contributed by atoms with Gasteiger partial charge >= 0.3 is 5.97 Å². The molecule has 20 heavy (non-hydrogen) atoms. The van der Waals surface area contributed by atoms with Crippen molar-refractivity contribution in [2.24, 2.45) is 11.8 Å². The highest BCUT2D eigenvalue weighted by atomic mass is 16.4. The number of aliphatic carboxylic acids is 1. The van der Waals surface area contributed by atoms with Gasteiger partial charge in [0, 0.05) is 32.5 Å². The number of unbranched alkanes of at least 4 members (excludes halogenated alkanes) is 1. The number of carbonyl (C=O) groups excluding carboxylic acids is 2. The molecule has 0 aromatic carbocycles. The molecule has 2 fully saturated rings. The van der Waals surface area contributed by atoms with Crippen molar-refractivity contribution < 1.29 is 19.5 Å². The van der Waals surface area contributed by atoms with Crippen LogP contribution in [0.15, 0.2) is 0 Å². The van der Waals surface area contributed by atoms with E-state index in [9.17, 15) is 14.4 Å². The summed E-state index contributed by atoms with van der Waals surface area (Å²) in [6.45, 7) is 1.83. The van der Waals surface area contributed by atoms with Crippen LogP contribution in [0.2, 0.25) is 0 Å². The second-order valence-corrected chi connectivity index (χ2v) is 5.79. The van der Waals surface area contributed by atoms with E-state index in [4.69, 9.17) is 5.11 Å². The van der Waals surface area contributed by atoms with E-state index in [1.54, 1.807) is 0 Å². The molecule has 1 aliphatic carbocycles. The third-order valence-corrected chi connectivity index (χ3v) is 3.88. The Morgan fingerprint density at radius 3 is 2.70 bits per heavy atom. The SMILES string of the molecule is O=C(O)CCCCNC(=O)C1CC(=O)N(CC2CC2)C1. The summed E-state index contributed by atoms with van der Waals surface area (Å²) in [5.41, 5.74) is 0. The topological polar surface area (TPSA) is 86.7 Å². The number of likely N-dealkylation sites (tertiary alicyclic amines) is 1. The van der Waals surface area contributed by atoms with E-state index in [0.717, 1.165) is 6.54 Å². The molecule has 1 unspecified atom stereocenters. The molecule has 2 amide bonds. The van der Waals surface area contributed by atoms with Gasteiger partial charge in [0.25, 0.3) is 0 Å². The van der Waals surface area contributed by atoms with Crippen molar-refractivity contribution in [3.8, 4) is 0 Å². The van der Waals surface area contributed by atoms with Crippen molar-refractivity contribution in [3.63, 3.8) is 0 Å². The van der Waals surface area contributed by atoms with Gasteiger partial charge in [0.1, 0.15) is 0 Å². The molecule has 0 bridgehead atoms. The molecule has 1 heterocycles. The molecule has 1 saturated carbocycles. The lowest BCUT2D eigenvalue weighted by atomic mass is 10.1. The first-order valence-corrected chi connectivity index (χ1v) is 7.33. The molecule has 2 aliphatic rings. The van der Waals surface area contributed by atoms with Gasteiger partial charge in [0.15, 0.2) is 0 Å². The highest BCUT2D eigenvalue weighted by Gasteiger charge is 2.36. The molecule has 112 valence electrons. The summed E-state index contributed by atoms with van der Waals surface area (Å²) >= 11 is 0. The summed E-state index contributed by atoms with van der Waals surface area (Å²) in [6, 6.07) is 0. The van der Waals surface area contributed by atoms with Crippen LogP contribution in [0, 0.1) is 11.8 Å². The van der Waals surface area contributed by atoms with Gasteiger partial charge in [-0.05, 0) is 31.6 Å². The van der Waals surface area contributed by atoms with E-state index < -0.39 is 5.97 Å². The monoisotopic (exact) mass is 282 g/mol. The number of amides is 2. The average molecular weight is 282 g/mol. The fourth-order valence-electron chi connectivity index (χ4n) is 2.49. The van der Waals surface area contributed by atoms with Crippen LogP contribution in [0.3, 0.4) is 0 Å². The molecular weight excluding hydrogens is 260 g/mol. The van der Waals surface area contributed by atoms with Crippen LogP contribution in [-0.4, -0.2) is 47.4 Å². The fourth-order valence-corrected chi connectivity index (χ4v) is 2.49. The predicted octanol–water partition coefficient (Wildman–Crippen LogP) is 0.616. The van der Waals surface area contributed by atoms with Crippen molar-refractivity contribution in [1.82, 2.24) is 10.2 Å². The van der Waals surface area contributed by atoms with Crippen molar-refractivity contribution in [2.75, 3.05) is 19.6 Å². The molecule has 1 saturated heterocycles. The van der Waals surface area contributed by atoms with Gasteiger partial charge in [-0.2, -0.15) is 0 Å². The molecular formula is C14H22N2O4. The van der Waals surface area contributed by atoms with E-state index in [0.29, 0.717) is 38.3 Å². The van der Waals surface area contributed by atoms with Crippen LogP contribution >= 0.6 is 0 Å². The number of carboxylic acid groups (broad SMARTS) is 1. The zero-order chi connectivity index (χ0) is 14.5. The quantitative estimate of drug-likeness (QED) is 0.639. The highest BCUT2D eigenvalue weighted by molar-refractivity contribution is 5.89. The number of hydrogen-bond donors (Lipinski definition) is 2. The van der Waals surface area contributed by atoms with E-state index in [1.165, 1.54) is 12.8 Å². The van der Waals surface area contributed by atoms with Crippen LogP contribution in [-0.2, 0) is 14.4 Å². The van der Waals surface area contributed by atoms with Crippen molar-refractivity contribution >= 4 is 17.8 Å². The van der Waals surface area contributed by atoms with Crippen molar-refractivity contribution in [3.05, 3.63) is 0 Å². The first-order valence-electron chi connectivity index (χ1n) is 7.33. The van der Waals surface area contributed by atoms with Crippen molar-refractivity contribution in [2.45, 2.75) is 38.5 Å². The maximum Gasteiger partial charge on any atom is 0.303 e. The number of nitrogens with one attached hydrogen (secondary N) is 1. The summed E-state index contributed by atoms with van der Waals surface area (Å²) in [7, 11) is 0. The molecule has 6 nitrogen and oxygen atoms in total. The Labute approximate surface area is 118 Å². The van der Waals surface area contributed by atoms with Crippen molar-refractivity contribution in [1.29, 1.82) is 0 Å². The summed E-state index contributed by atoms with van der Waals surface area (Å²) in [5.74, 6) is -0.388. The average Bonchev–Trinajstić information content (AvgIpc) is 3.12. The maximum atomic E-state index is 11.9. The van der Waals surface area contributed by atoms with Gasteiger partial charge in [-0.3, -0.25) is 14.4 Å². The first-order chi connectivity index (χ1) is 9.56. The second kappa shape index (κ2) is 6.72. The Hall–Kier alpha value is -1.59. The van der Waals surface area contributed by atoms with Gasteiger partial charge in [0.05, 0.1) is 5.92 Å². The Morgan fingerprint density at radius 1 is 1.30 bits per heavy atom. The third-order valence-electron chi connectivity index (χ3n) is 3.88.